The van der Waals surface area contributed by atoms with Crippen LogP contribution in [0.1, 0.15) is 17.3 Å². The van der Waals surface area contributed by atoms with Crippen molar-refractivity contribution in [2.24, 2.45) is 0 Å². The first-order valence-corrected chi connectivity index (χ1v) is 7.58. The molecule has 2 N–H and O–H groups in total. The van der Waals surface area contributed by atoms with Gasteiger partial charge in [0.25, 0.3) is 0 Å². The van der Waals surface area contributed by atoms with Gasteiger partial charge in [-0.2, -0.15) is 5.21 Å². The fraction of sp³-hybridized carbons (Fsp3) is 0.176. The number of carbonyl (C=O) groups excluding carboxylic acids is 1. The lowest BCUT2D eigenvalue weighted by molar-refractivity contribution is -0.117. The van der Waals surface area contributed by atoms with E-state index in [-0.39, 0.29) is 17.5 Å². The zero-order chi connectivity index (χ0) is 17.6. The minimum absolute atomic E-state index is 0.280. The number of H-pyrrole nitrogens is 1. The molecule has 7 nitrogen and oxygen atoms in total. The predicted molar refractivity (Wildman–Crippen MR) is 88.6 cm³/mol. The molecular weight excluding hydrogens is 325 g/mol. The number of carbonyl (C=O) groups is 1. The number of aromatic nitrogens is 4. The van der Waals surface area contributed by atoms with Crippen molar-refractivity contribution in [3.63, 3.8) is 0 Å². The van der Waals surface area contributed by atoms with E-state index in [4.69, 9.17) is 4.74 Å². The molecule has 8 heteroatoms. The standard InChI is InChI=1S/C17H16FN5O2/c1-25-14-4-2-3-11(9-14)10-15(16-20-22-23-21-16)17(24)19-13-7-5-12(18)6-8-13/h2-9,15H,10H2,1H3,(H,19,24)(H,20,21,22,23)/t15-/m1/s1. The van der Waals surface area contributed by atoms with Crippen molar-refractivity contribution >= 4 is 11.6 Å². The van der Waals surface area contributed by atoms with Crippen LogP contribution in [-0.4, -0.2) is 33.6 Å². The summed E-state index contributed by atoms with van der Waals surface area (Å²) in [6.07, 6.45) is 0.365. The second-order valence-electron chi connectivity index (χ2n) is 5.37. The minimum Gasteiger partial charge on any atom is -0.497 e. The van der Waals surface area contributed by atoms with Crippen LogP contribution in [0.5, 0.6) is 5.75 Å². The number of amides is 1. The lowest BCUT2D eigenvalue weighted by atomic mass is 9.97. The van der Waals surface area contributed by atoms with Gasteiger partial charge in [-0.15, -0.1) is 10.2 Å². The van der Waals surface area contributed by atoms with Crippen molar-refractivity contribution in [2.75, 3.05) is 12.4 Å². The summed E-state index contributed by atoms with van der Waals surface area (Å²) in [5, 5.41) is 16.5. The van der Waals surface area contributed by atoms with E-state index in [0.717, 1.165) is 5.56 Å². The number of halogens is 1. The van der Waals surface area contributed by atoms with Gasteiger partial charge in [0.05, 0.1) is 7.11 Å². The van der Waals surface area contributed by atoms with Crippen molar-refractivity contribution < 1.29 is 13.9 Å². The molecule has 0 unspecified atom stereocenters. The first-order valence-electron chi connectivity index (χ1n) is 7.58. The quantitative estimate of drug-likeness (QED) is 0.718. The monoisotopic (exact) mass is 341 g/mol. The van der Waals surface area contributed by atoms with Gasteiger partial charge in [0.1, 0.15) is 17.5 Å². The van der Waals surface area contributed by atoms with Crippen LogP contribution in [0.3, 0.4) is 0 Å². The zero-order valence-corrected chi connectivity index (χ0v) is 13.4. The Hall–Kier alpha value is -3.29. The lowest BCUT2D eigenvalue weighted by Gasteiger charge is -2.14. The summed E-state index contributed by atoms with van der Waals surface area (Å²) in [5.41, 5.74) is 1.38. The average Bonchev–Trinajstić information content (AvgIpc) is 3.16. The molecule has 0 saturated carbocycles. The number of benzene rings is 2. The van der Waals surface area contributed by atoms with Crippen LogP contribution in [0.4, 0.5) is 10.1 Å². The van der Waals surface area contributed by atoms with E-state index in [1.54, 1.807) is 7.11 Å². The third-order valence-electron chi connectivity index (χ3n) is 3.68. The molecular formula is C17H16FN5O2. The largest absolute Gasteiger partial charge is 0.497 e. The van der Waals surface area contributed by atoms with E-state index in [0.29, 0.717) is 17.9 Å². The van der Waals surface area contributed by atoms with Gasteiger partial charge in [0.2, 0.25) is 5.91 Å². The van der Waals surface area contributed by atoms with Gasteiger partial charge in [0, 0.05) is 5.69 Å². The van der Waals surface area contributed by atoms with Crippen LogP contribution < -0.4 is 10.1 Å². The van der Waals surface area contributed by atoms with Crippen LogP contribution >= 0.6 is 0 Å². The normalized spacial score (nSPS) is 11.8. The fourth-order valence-corrected chi connectivity index (χ4v) is 2.42. The van der Waals surface area contributed by atoms with E-state index >= 15 is 0 Å². The van der Waals surface area contributed by atoms with Crippen molar-refractivity contribution in [3.05, 3.63) is 65.7 Å². The highest BCUT2D eigenvalue weighted by molar-refractivity contribution is 5.95. The summed E-state index contributed by atoms with van der Waals surface area (Å²) >= 11 is 0. The van der Waals surface area contributed by atoms with Crippen LogP contribution in [0.15, 0.2) is 48.5 Å². The molecule has 0 aliphatic heterocycles. The van der Waals surface area contributed by atoms with Gasteiger partial charge < -0.3 is 10.1 Å². The van der Waals surface area contributed by atoms with Crippen molar-refractivity contribution in [1.82, 2.24) is 20.6 Å². The van der Waals surface area contributed by atoms with Gasteiger partial charge in [-0.25, -0.2) is 4.39 Å². The minimum atomic E-state index is -0.657. The number of hydrogen-bond donors (Lipinski definition) is 2. The van der Waals surface area contributed by atoms with Gasteiger partial charge >= 0.3 is 0 Å². The number of rotatable bonds is 6. The maximum atomic E-state index is 13.0. The first kappa shape index (κ1) is 16.6. The molecule has 0 spiro atoms. The Kier molecular flexibility index (Phi) is 4.98. The van der Waals surface area contributed by atoms with Crippen LogP contribution in [0, 0.1) is 5.82 Å². The molecule has 0 bridgehead atoms. The van der Waals surface area contributed by atoms with E-state index in [2.05, 4.69) is 25.9 Å². The molecule has 1 aromatic heterocycles. The number of aromatic amines is 1. The molecule has 0 saturated heterocycles. The third kappa shape index (κ3) is 4.17. The molecule has 3 aromatic rings. The maximum absolute atomic E-state index is 13.0. The number of methoxy groups -OCH3 is 1. The van der Waals surface area contributed by atoms with Gasteiger partial charge in [-0.3, -0.25) is 4.79 Å². The summed E-state index contributed by atoms with van der Waals surface area (Å²) in [6, 6.07) is 12.9. The molecule has 25 heavy (non-hydrogen) atoms. The maximum Gasteiger partial charge on any atom is 0.235 e. The molecule has 2 aromatic carbocycles. The summed E-state index contributed by atoms with van der Waals surface area (Å²) in [5.74, 6) is -0.360. The third-order valence-corrected chi connectivity index (χ3v) is 3.68. The van der Waals surface area contributed by atoms with Crippen LogP contribution in [0.2, 0.25) is 0 Å². The summed E-state index contributed by atoms with van der Waals surface area (Å²) in [4.78, 5) is 12.7. The number of nitrogens with zero attached hydrogens (tertiary/aromatic N) is 3. The molecule has 1 amide bonds. The van der Waals surface area contributed by atoms with Gasteiger partial charge in [-0.05, 0) is 48.4 Å². The number of hydrogen-bond acceptors (Lipinski definition) is 5. The molecule has 3 rings (SSSR count). The Morgan fingerprint density at radius 1 is 1.28 bits per heavy atom. The Balaban J connectivity index is 1.81. The van der Waals surface area contributed by atoms with E-state index in [9.17, 15) is 9.18 Å². The number of nitrogens with one attached hydrogen (secondary N) is 2. The summed E-state index contributed by atoms with van der Waals surface area (Å²) in [7, 11) is 1.58. The highest BCUT2D eigenvalue weighted by Crippen LogP contribution is 2.22. The van der Waals surface area contributed by atoms with Crippen LogP contribution in [0.25, 0.3) is 0 Å². The molecule has 0 aliphatic rings. The molecule has 0 fully saturated rings. The second kappa shape index (κ2) is 7.52. The Labute approximate surface area is 143 Å². The van der Waals surface area contributed by atoms with E-state index in [1.165, 1.54) is 24.3 Å². The Bertz CT molecular complexity index is 837. The Morgan fingerprint density at radius 3 is 2.76 bits per heavy atom. The van der Waals surface area contributed by atoms with Crippen molar-refractivity contribution in [2.45, 2.75) is 12.3 Å². The first-order chi connectivity index (χ1) is 12.2. The van der Waals surface area contributed by atoms with E-state index < -0.39 is 5.92 Å². The number of ether oxygens (including phenoxy) is 1. The molecule has 1 atom stereocenters. The van der Waals surface area contributed by atoms with Gasteiger partial charge in [0.15, 0.2) is 5.82 Å². The number of tetrazole rings is 1. The highest BCUT2D eigenvalue weighted by atomic mass is 19.1. The van der Waals surface area contributed by atoms with Crippen molar-refractivity contribution in [1.29, 1.82) is 0 Å². The zero-order valence-electron chi connectivity index (χ0n) is 13.4. The predicted octanol–water partition coefficient (Wildman–Crippen LogP) is 2.31. The van der Waals surface area contributed by atoms with Crippen molar-refractivity contribution in [3.8, 4) is 5.75 Å². The summed E-state index contributed by atoms with van der Waals surface area (Å²) < 4.78 is 18.2. The van der Waals surface area contributed by atoms with E-state index in [1.807, 2.05) is 24.3 Å². The smallest absolute Gasteiger partial charge is 0.235 e. The molecule has 1 heterocycles. The van der Waals surface area contributed by atoms with Crippen LogP contribution in [-0.2, 0) is 11.2 Å². The summed E-state index contributed by atoms with van der Waals surface area (Å²) in [6.45, 7) is 0. The SMILES string of the molecule is COc1cccc(C[C@@H](C(=O)Nc2ccc(F)cc2)c2nn[nH]n2)c1. The Morgan fingerprint density at radius 2 is 2.08 bits per heavy atom. The molecule has 0 radical (unpaired) electrons. The topological polar surface area (TPSA) is 92.8 Å². The lowest BCUT2D eigenvalue weighted by Crippen LogP contribution is -2.24. The number of anilines is 1. The highest BCUT2D eigenvalue weighted by Gasteiger charge is 2.25. The fourth-order valence-electron chi connectivity index (χ4n) is 2.42. The molecule has 128 valence electrons. The van der Waals surface area contributed by atoms with Gasteiger partial charge in [-0.1, -0.05) is 17.3 Å². The molecule has 0 aliphatic carbocycles. The average molecular weight is 341 g/mol. The second-order valence-corrected chi connectivity index (χ2v) is 5.37.